The van der Waals surface area contributed by atoms with E-state index in [9.17, 15) is 0 Å². The van der Waals surface area contributed by atoms with Crippen molar-refractivity contribution in [2.75, 3.05) is 19.0 Å². The number of aromatic nitrogens is 1. The summed E-state index contributed by atoms with van der Waals surface area (Å²) in [5, 5.41) is 4.48. The minimum Gasteiger partial charge on any atom is -0.321 e. The summed E-state index contributed by atoms with van der Waals surface area (Å²) in [7, 11) is 4.13. The molecule has 1 aliphatic rings. The van der Waals surface area contributed by atoms with Crippen molar-refractivity contribution in [2.45, 2.75) is 32.2 Å². The lowest BCUT2D eigenvalue weighted by Gasteiger charge is -2.20. The highest BCUT2D eigenvalue weighted by Gasteiger charge is 2.24. The number of nitrogens with zero attached hydrogens (tertiary/aromatic N) is 2. The van der Waals surface area contributed by atoms with Crippen molar-refractivity contribution in [3.05, 3.63) is 40.4 Å². The molecule has 1 unspecified atom stereocenters. The van der Waals surface area contributed by atoms with E-state index in [-0.39, 0.29) is 0 Å². The Labute approximate surface area is 124 Å². The molecule has 0 bridgehead atoms. The molecule has 20 heavy (non-hydrogen) atoms. The fourth-order valence-corrected chi connectivity index (χ4v) is 3.85. The standard InChI is InChI=1S/C16H21N3S/c1-11-7-9-12(10-8-11)19(3)16-18-15-13(17-2)5-4-6-14(15)20-16/h7-10,13,17H,4-6H2,1-3H3. The SMILES string of the molecule is CNC1CCCc2sc(N(C)c3ccc(C)cc3)nc21. The molecule has 1 aromatic carbocycles. The molecule has 0 saturated heterocycles. The van der Waals surface area contributed by atoms with Gasteiger partial charge in [-0.25, -0.2) is 4.98 Å². The van der Waals surface area contributed by atoms with Gasteiger partial charge < -0.3 is 10.2 Å². The molecule has 2 aromatic rings. The molecule has 1 aromatic heterocycles. The number of rotatable bonds is 3. The maximum atomic E-state index is 4.88. The van der Waals surface area contributed by atoms with E-state index in [4.69, 9.17) is 4.98 Å². The Kier molecular flexibility index (Phi) is 3.76. The fourth-order valence-electron chi connectivity index (χ4n) is 2.71. The molecular formula is C16H21N3S. The van der Waals surface area contributed by atoms with E-state index in [0.29, 0.717) is 6.04 Å². The van der Waals surface area contributed by atoms with E-state index in [1.165, 1.54) is 41.1 Å². The summed E-state index contributed by atoms with van der Waals surface area (Å²) in [6.07, 6.45) is 3.63. The summed E-state index contributed by atoms with van der Waals surface area (Å²) >= 11 is 1.84. The highest BCUT2D eigenvalue weighted by molar-refractivity contribution is 7.15. The Morgan fingerprint density at radius 2 is 2.05 bits per heavy atom. The summed E-state index contributed by atoms with van der Waals surface area (Å²) in [5.41, 5.74) is 3.75. The second-order valence-electron chi connectivity index (χ2n) is 5.43. The second-order valence-corrected chi connectivity index (χ2v) is 6.49. The number of nitrogens with one attached hydrogen (secondary N) is 1. The van der Waals surface area contributed by atoms with Crippen molar-refractivity contribution in [3.8, 4) is 0 Å². The van der Waals surface area contributed by atoms with E-state index in [1.54, 1.807) is 0 Å². The van der Waals surface area contributed by atoms with Gasteiger partial charge in [0.05, 0.1) is 11.7 Å². The van der Waals surface area contributed by atoms with Crippen LogP contribution in [0.1, 0.15) is 35.0 Å². The Morgan fingerprint density at radius 1 is 1.30 bits per heavy atom. The van der Waals surface area contributed by atoms with Gasteiger partial charge in [-0.1, -0.05) is 17.7 Å². The first kappa shape index (κ1) is 13.6. The third-order valence-electron chi connectivity index (χ3n) is 4.00. The molecule has 0 saturated carbocycles. The predicted octanol–water partition coefficient (Wildman–Crippen LogP) is 3.82. The quantitative estimate of drug-likeness (QED) is 0.930. The van der Waals surface area contributed by atoms with Crippen molar-refractivity contribution >= 4 is 22.2 Å². The zero-order valence-electron chi connectivity index (χ0n) is 12.3. The molecule has 1 heterocycles. The van der Waals surface area contributed by atoms with Crippen LogP contribution < -0.4 is 10.2 Å². The largest absolute Gasteiger partial charge is 0.321 e. The van der Waals surface area contributed by atoms with Crippen LogP contribution in [0.4, 0.5) is 10.8 Å². The maximum absolute atomic E-state index is 4.88. The number of benzene rings is 1. The zero-order valence-corrected chi connectivity index (χ0v) is 13.1. The van der Waals surface area contributed by atoms with Gasteiger partial charge in [-0.2, -0.15) is 0 Å². The van der Waals surface area contributed by atoms with Crippen molar-refractivity contribution in [3.63, 3.8) is 0 Å². The molecule has 3 rings (SSSR count). The van der Waals surface area contributed by atoms with Crippen LogP contribution >= 0.6 is 11.3 Å². The molecular weight excluding hydrogens is 266 g/mol. The van der Waals surface area contributed by atoms with E-state index < -0.39 is 0 Å². The second kappa shape index (κ2) is 5.54. The molecule has 1 N–H and O–H groups in total. The molecule has 1 atom stereocenters. The molecule has 0 radical (unpaired) electrons. The molecule has 0 fully saturated rings. The molecule has 0 aliphatic heterocycles. The van der Waals surface area contributed by atoms with Gasteiger partial charge in [-0.3, -0.25) is 0 Å². The van der Waals surface area contributed by atoms with Crippen molar-refractivity contribution in [1.82, 2.24) is 10.3 Å². The summed E-state index contributed by atoms with van der Waals surface area (Å²) in [6, 6.07) is 9.04. The summed E-state index contributed by atoms with van der Waals surface area (Å²) < 4.78 is 0. The molecule has 1 aliphatic carbocycles. The van der Waals surface area contributed by atoms with Gasteiger partial charge >= 0.3 is 0 Å². The van der Waals surface area contributed by atoms with Crippen LogP contribution in [0.2, 0.25) is 0 Å². The summed E-state index contributed by atoms with van der Waals surface area (Å²) in [4.78, 5) is 8.52. The van der Waals surface area contributed by atoms with Crippen molar-refractivity contribution in [1.29, 1.82) is 0 Å². The first-order valence-electron chi connectivity index (χ1n) is 7.16. The Hall–Kier alpha value is -1.39. The monoisotopic (exact) mass is 287 g/mol. The molecule has 0 spiro atoms. The molecule has 4 heteroatoms. The van der Waals surface area contributed by atoms with E-state index in [1.807, 2.05) is 18.4 Å². The van der Waals surface area contributed by atoms with Crippen LogP contribution in [0, 0.1) is 6.92 Å². The smallest absolute Gasteiger partial charge is 0.190 e. The Bertz CT molecular complexity index is 588. The molecule has 106 valence electrons. The normalized spacial score (nSPS) is 17.9. The lowest BCUT2D eigenvalue weighted by Crippen LogP contribution is -2.21. The third-order valence-corrected chi connectivity index (χ3v) is 5.21. The van der Waals surface area contributed by atoms with Gasteiger partial charge in [-0.15, -0.1) is 11.3 Å². The number of hydrogen-bond donors (Lipinski definition) is 1. The first-order chi connectivity index (χ1) is 9.69. The van der Waals surface area contributed by atoms with Crippen LogP contribution in [-0.4, -0.2) is 19.1 Å². The highest BCUT2D eigenvalue weighted by atomic mass is 32.1. The van der Waals surface area contributed by atoms with Gasteiger partial charge in [0.15, 0.2) is 5.13 Å². The Morgan fingerprint density at radius 3 is 2.75 bits per heavy atom. The Balaban J connectivity index is 1.91. The minimum absolute atomic E-state index is 0.426. The number of hydrogen-bond acceptors (Lipinski definition) is 4. The lowest BCUT2D eigenvalue weighted by molar-refractivity contribution is 0.490. The van der Waals surface area contributed by atoms with E-state index in [2.05, 4.69) is 48.5 Å². The number of thiazole rings is 1. The average Bonchev–Trinajstić information content (AvgIpc) is 2.91. The summed E-state index contributed by atoms with van der Waals surface area (Å²) in [6.45, 7) is 2.11. The van der Waals surface area contributed by atoms with Gasteiger partial charge in [-0.05, 0) is 45.4 Å². The van der Waals surface area contributed by atoms with Crippen LogP contribution in [0.25, 0.3) is 0 Å². The topological polar surface area (TPSA) is 28.2 Å². The number of aryl methyl sites for hydroxylation is 2. The summed E-state index contributed by atoms with van der Waals surface area (Å²) in [5.74, 6) is 0. The van der Waals surface area contributed by atoms with Crippen molar-refractivity contribution in [2.24, 2.45) is 0 Å². The maximum Gasteiger partial charge on any atom is 0.190 e. The van der Waals surface area contributed by atoms with Crippen LogP contribution in [0.15, 0.2) is 24.3 Å². The highest BCUT2D eigenvalue weighted by Crippen LogP contribution is 2.38. The number of fused-ring (bicyclic) bond motifs is 1. The predicted molar refractivity (Wildman–Crippen MR) is 86.1 cm³/mol. The van der Waals surface area contributed by atoms with Gasteiger partial charge in [0, 0.05) is 17.6 Å². The molecule has 0 amide bonds. The zero-order chi connectivity index (χ0) is 14.1. The van der Waals surface area contributed by atoms with Gasteiger partial charge in [0.25, 0.3) is 0 Å². The van der Waals surface area contributed by atoms with Gasteiger partial charge in [0.1, 0.15) is 0 Å². The van der Waals surface area contributed by atoms with Crippen molar-refractivity contribution < 1.29 is 0 Å². The molecule has 3 nitrogen and oxygen atoms in total. The van der Waals surface area contributed by atoms with Gasteiger partial charge in [0.2, 0.25) is 0 Å². The third kappa shape index (κ3) is 2.45. The van der Waals surface area contributed by atoms with E-state index in [0.717, 1.165) is 5.13 Å². The van der Waals surface area contributed by atoms with Crippen LogP contribution in [0.3, 0.4) is 0 Å². The lowest BCUT2D eigenvalue weighted by atomic mass is 9.98. The number of anilines is 2. The fraction of sp³-hybridized carbons (Fsp3) is 0.438. The van der Waals surface area contributed by atoms with Crippen LogP contribution in [0.5, 0.6) is 0 Å². The average molecular weight is 287 g/mol. The minimum atomic E-state index is 0.426. The van der Waals surface area contributed by atoms with E-state index >= 15 is 0 Å². The van der Waals surface area contributed by atoms with Crippen LogP contribution in [-0.2, 0) is 6.42 Å². The first-order valence-corrected chi connectivity index (χ1v) is 7.98.